The summed E-state index contributed by atoms with van der Waals surface area (Å²) in [5.41, 5.74) is 0.855. The van der Waals surface area contributed by atoms with Crippen LogP contribution in [0, 0.1) is 11.3 Å². The second-order valence-electron chi connectivity index (χ2n) is 3.93. The minimum Gasteiger partial charge on any atom is -0.434 e. The lowest BCUT2D eigenvalue weighted by atomic mass is 10.3. The van der Waals surface area contributed by atoms with Crippen molar-refractivity contribution < 1.29 is 14.0 Å². The summed E-state index contributed by atoms with van der Waals surface area (Å²) in [6, 6.07) is 7.00. The summed E-state index contributed by atoms with van der Waals surface area (Å²) in [4.78, 5) is 21.1. The van der Waals surface area contributed by atoms with Gasteiger partial charge in [-0.1, -0.05) is 21.1 Å². The third-order valence-electron chi connectivity index (χ3n) is 2.24. The predicted octanol–water partition coefficient (Wildman–Crippen LogP) is 2.52. The molecular formula is C12H9BrN4O3. The van der Waals surface area contributed by atoms with Crippen molar-refractivity contribution in [2.45, 2.75) is 0 Å². The summed E-state index contributed by atoms with van der Waals surface area (Å²) in [6.07, 6.45) is -0.698. The van der Waals surface area contributed by atoms with Crippen LogP contribution in [0.15, 0.2) is 32.2 Å². The van der Waals surface area contributed by atoms with E-state index in [-0.39, 0.29) is 11.6 Å². The van der Waals surface area contributed by atoms with Crippen molar-refractivity contribution in [1.29, 1.82) is 5.26 Å². The van der Waals surface area contributed by atoms with E-state index in [0.717, 1.165) is 4.47 Å². The molecule has 2 aromatic rings. The number of carbonyl (C=O) groups is 1. The Balaban J connectivity index is 2.32. The second kappa shape index (κ2) is 5.71. The third kappa shape index (κ3) is 2.95. The molecule has 1 aromatic heterocycles. The molecule has 1 heterocycles. The van der Waals surface area contributed by atoms with Gasteiger partial charge in [0.2, 0.25) is 5.71 Å². The van der Waals surface area contributed by atoms with Crippen molar-refractivity contribution in [2.24, 2.45) is 5.16 Å². The van der Waals surface area contributed by atoms with Crippen LogP contribution in [0.2, 0.25) is 0 Å². The van der Waals surface area contributed by atoms with Gasteiger partial charge in [-0.2, -0.15) is 5.26 Å². The molecule has 0 aliphatic rings. The van der Waals surface area contributed by atoms with Gasteiger partial charge in [-0.05, 0) is 18.2 Å². The average Bonchev–Trinajstić information content (AvgIpc) is 2.81. The predicted molar refractivity (Wildman–Crippen MR) is 74.0 cm³/mol. The molecule has 0 saturated carbocycles. The second-order valence-corrected chi connectivity index (χ2v) is 4.85. The Morgan fingerprint density at radius 2 is 2.30 bits per heavy atom. The first-order valence-electron chi connectivity index (χ1n) is 5.44. The molecule has 0 aliphatic heterocycles. The number of oxazole rings is 1. The summed E-state index contributed by atoms with van der Waals surface area (Å²) in [5.74, 6) is -0.00726. The van der Waals surface area contributed by atoms with E-state index in [1.54, 1.807) is 24.3 Å². The molecule has 0 fully saturated rings. The Morgan fingerprint density at radius 3 is 2.95 bits per heavy atom. The number of benzene rings is 1. The number of nitrogens with zero attached hydrogens (tertiary/aromatic N) is 4. The molecule has 0 N–H and O–H groups in total. The fourth-order valence-electron chi connectivity index (χ4n) is 1.28. The molecular weight excluding hydrogens is 328 g/mol. The van der Waals surface area contributed by atoms with E-state index in [1.807, 2.05) is 0 Å². The van der Waals surface area contributed by atoms with Gasteiger partial charge in [-0.3, -0.25) is 4.84 Å². The topological polar surface area (TPSA) is 91.7 Å². The number of oxime groups is 1. The minimum absolute atomic E-state index is 0.00726. The number of rotatable bonds is 2. The summed E-state index contributed by atoms with van der Waals surface area (Å²) in [5, 5.41) is 12.5. The van der Waals surface area contributed by atoms with Gasteiger partial charge in [0.25, 0.3) is 5.89 Å². The summed E-state index contributed by atoms with van der Waals surface area (Å²) in [6.45, 7) is 0. The highest BCUT2D eigenvalue weighted by atomic mass is 79.9. The zero-order valence-corrected chi connectivity index (χ0v) is 12.2. The molecule has 102 valence electrons. The number of carbonyl (C=O) groups excluding carboxylic acids is 1. The Kier molecular flexibility index (Phi) is 4.00. The summed E-state index contributed by atoms with van der Waals surface area (Å²) in [7, 11) is 3.00. The first kappa shape index (κ1) is 14.0. The van der Waals surface area contributed by atoms with E-state index >= 15 is 0 Å². The zero-order chi connectivity index (χ0) is 14.7. The molecule has 0 unspecified atom stereocenters. The standard InChI is InChI=1S/C12H9BrN4O3/c1-17(2)12(18)20-16-9(6-14)11-15-8-5-7(13)3-4-10(8)19-11/h3-5H,1-2H3/b16-9+. The Labute approximate surface area is 122 Å². The number of hydrogen-bond donors (Lipinski definition) is 0. The molecule has 0 bridgehead atoms. The summed E-state index contributed by atoms with van der Waals surface area (Å²) >= 11 is 3.31. The maximum Gasteiger partial charge on any atom is 0.435 e. The molecule has 1 aromatic carbocycles. The molecule has 1 amide bonds. The fourth-order valence-corrected chi connectivity index (χ4v) is 1.62. The molecule has 0 spiro atoms. The van der Waals surface area contributed by atoms with E-state index in [2.05, 4.69) is 30.9 Å². The van der Waals surface area contributed by atoms with Crippen LogP contribution in [0.5, 0.6) is 0 Å². The highest BCUT2D eigenvalue weighted by Crippen LogP contribution is 2.20. The van der Waals surface area contributed by atoms with Crippen molar-refractivity contribution in [3.05, 3.63) is 28.6 Å². The highest BCUT2D eigenvalue weighted by Gasteiger charge is 2.14. The third-order valence-corrected chi connectivity index (χ3v) is 2.73. The van der Waals surface area contributed by atoms with E-state index < -0.39 is 6.09 Å². The van der Waals surface area contributed by atoms with Crippen molar-refractivity contribution in [1.82, 2.24) is 9.88 Å². The molecule has 8 heteroatoms. The van der Waals surface area contributed by atoms with Crippen molar-refractivity contribution in [3.8, 4) is 6.07 Å². The van der Waals surface area contributed by atoms with Gasteiger partial charge in [0.15, 0.2) is 5.58 Å². The average molecular weight is 337 g/mol. The van der Waals surface area contributed by atoms with Crippen LogP contribution >= 0.6 is 15.9 Å². The fraction of sp³-hybridized carbons (Fsp3) is 0.167. The number of fused-ring (bicyclic) bond motifs is 1. The molecule has 0 saturated heterocycles. The van der Waals surface area contributed by atoms with Crippen molar-refractivity contribution >= 4 is 38.8 Å². The van der Waals surface area contributed by atoms with E-state index in [1.165, 1.54) is 19.0 Å². The van der Waals surface area contributed by atoms with Crippen LogP contribution in [0.25, 0.3) is 11.1 Å². The van der Waals surface area contributed by atoms with Crippen molar-refractivity contribution in [3.63, 3.8) is 0 Å². The lowest BCUT2D eigenvalue weighted by Crippen LogP contribution is -2.21. The first-order chi connectivity index (χ1) is 9.51. The lowest BCUT2D eigenvalue weighted by molar-refractivity contribution is 0.122. The monoisotopic (exact) mass is 336 g/mol. The van der Waals surface area contributed by atoms with Gasteiger partial charge < -0.3 is 9.32 Å². The Bertz CT molecular complexity index is 730. The van der Waals surface area contributed by atoms with Crippen LogP contribution < -0.4 is 0 Å². The molecule has 20 heavy (non-hydrogen) atoms. The van der Waals surface area contributed by atoms with Crippen LogP contribution in [-0.4, -0.2) is 35.8 Å². The Morgan fingerprint density at radius 1 is 1.55 bits per heavy atom. The van der Waals surface area contributed by atoms with Crippen molar-refractivity contribution in [2.75, 3.05) is 14.1 Å². The van der Waals surface area contributed by atoms with Crippen LogP contribution in [-0.2, 0) is 4.84 Å². The minimum atomic E-state index is -0.698. The van der Waals surface area contributed by atoms with Gasteiger partial charge in [-0.25, -0.2) is 9.78 Å². The van der Waals surface area contributed by atoms with Gasteiger partial charge in [0, 0.05) is 18.6 Å². The quantitative estimate of drug-likeness (QED) is 0.477. The SMILES string of the molecule is CN(C)C(=O)O/N=C(\C#N)c1nc2cc(Br)ccc2o1. The lowest BCUT2D eigenvalue weighted by Gasteiger charge is -2.05. The Hall–Kier alpha value is -2.40. The highest BCUT2D eigenvalue weighted by molar-refractivity contribution is 9.10. The molecule has 0 aliphatic carbocycles. The van der Waals surface area contributed by atoms with Crippen LogP contribution in [0.4, 0.5) is 4.79 Å². The van der Waals surface area contributed by atoms with E-state index in [4.69, 9.17) is 9.68 Å². The number of hydrogen-bond acceptors (Lipinski definition) is 6. The van der Waals surface area contributed by atoms with Gasteiger partial charge in [-0.15, -0.1) is 0 Å². The zero-order valence-electron chi connectivity index (χ0n) is 10.6. The number of halogens is 1. The molecule has 7 nitrogen and oxygen atoms in total. The number of amides is 1. The molecule has 2 rings (SSSR count). The smallest absolute Gasteiger partial charge is 0.434 e. The largest absolute Gasteiger partial charge is 0.435 e. The van der Waals surface area contributed by atoms with Gasteiger partial charge in [0.1, 0.15) is 11.6 Å². The number of aromatic nitrogens is 1. The normalized spacial score (nSPS) is 11.2. The first-order valence-corrected chi connectivity index (χ1v) is 6.23. The maximum atomic E-state index is 11.2. The van der Waals surface area contributed by atoms with Crippen LogP contribution in [0.1, 0.15) is 5.89 Å². The summed E-state index contributed by atoms with van der Waals surface area (Å²) < 4.78 is 6.21. The van der Waals surface area contributed by atoms with Gasteiger partial charge >= 0.3 is 6.09 Å². The van der Waals surface area contributed by atoms with E-state index in [0.29, 0.717) is 11.1 Å². The molecule has 0 atom stereocenters. The number of nitriles is 1. The van der Waals surface area contributed by atoms with Crippen LogP contribution in [0.3, 0.4) is 0 Å². The molecule has 0 radical (unpaired) electrons. The maximum absolute atomic E-state index is 11.2. The van der Waals surface area contributed by atoms with E-state index in [9.17, 15) is 4.79 Å². The van der Waals surface area contributed by atoms with Gasteiger partial charge in [0.05, 0.1) is 0 Å².